The number of likely N-dealkylation sites (tertiary alicyclic amines) is 1. The molecule has 1 fully saturated rings. The summed E-state index contributed by atoms with van der Waals surface area (Å²) in [5.74, 6) is -0.281. The van der Waals surface area contributed by atoms with Gasteiger partial charge >= 0.3 is 0 Å². The highest BCUT2D eigenvalue weighted by Gasteiger charge is 2.31. The average molecular weight is 223 g/mol. The third-order valence-electron chi connectivity index (χ3n) is 3.27. The first-order valence-electron chi connectivity index (χ1n) is 6.12. The van der Waals surface area contributed by atoms with E-state index in [1.807, 2.05) is 0 Å². The third kappa shape index (κ3) is 3.49. The molecule has 2 unspecified atom stereocenters. The number of nitrogens with two attached hydrogens (primary N) is 1. The second-order valence-electron chi connectivity index (χ2n) is 4.51. The molecule has 90 valence electrons. The average Bonchev–Trinajstić information content (AvgIpc) is 2.29. The minimum absolute atomic E-state index is 0.0000693. The van der Waals surface area contributed by atoms with Crippen LogP contribution < -0.4 is 5.73 Å². The van der Waals surface area contributed by atoms with E-state index in [0.717, 1.165) is 25.9 Å². The predicted molar refractivity (Wildman–Crippen MR) is 62.4 cm³/mol. The molecule has 1 heterocycles. The minimum atomic E-state index is -0.281. The maximum Gasteiger partial charge on any atom is 0.234 e. The number of carbonyl (C=O) groups is 1. The van der Waals surface area contributed by atoms with Crippen molar-refractivity contribution in [1.82, 2.24) is 4.90 Å². The quantitative estimate of drug-likeness (QED) is 0.713. The van der Waals surface area contributed by atoms with E-state index in [9.17, 15) is 4.79 Å². The Kier molecular flexibility index (Phi) is 5.27. The molecule has 0 aromatic carbocycles. The largest absolute Gasteiger partial charge is 0.368 e. The van der Waals surface area contributed by atoms with Gasteiger partial charge in [-0.1, -0.05) is 19.8 Å². The molecule has 1 aliphatic heterocycles. The molecule has 0 aromatic heterocycles. The Morgan fingerprint density at radius 3 is 2.88 bits per heavy atom. The number of unbranched alkanes of at least 4 members (excludes halogenated alkanes) is 2. The van der Waals surface area contributed by atoms with Gasteiger partial charge in [-0.15, -0.1) is 0 Å². The fraction of sp³-hybridized carbons (Fsp3) is 0.833. The zero-order valence-electron chi connectivity index (χ0n) is 9.98. The molecule has 0 aromatic rings. The summed E-state index contributed by atoms with van der Waals surface area (Å²) in [4.78, 5) is 13.5. The standard InChI is InChI=1S/C12H21N3O/c1-2-3-4-6-15-7-5-10(9-13)8-11(15)12(14)16/h10-11H,2-8H2,1H3,(H2,14,16). The number of hydrogen-bond donors (Lipinski definition) is 1. The van der Waals surface area contributed by atoms with Gasteiger partial charge in [0.2, 0.25) is 5.91 Å². The number of nitrogens with zero attached hydrogens (tertiary/aromatic N) is 2. The summed E-state index contributed by atoms with van der Waals surface area (Å²) in [6.45, 7) is 3.92. The van der Waals surface area contributed by atoms with E-state index < -0.39 is 0 Å². The molecule has 0 aliphatic carbocycles. The summed E-state index contributed by atoms with van der Waals surface area (Å²) in [6, 6.07) is 2.02. The van der Waals surface area contributed by atoms with Crippen molar-refractivity contribution in [3.05, 3.63) is 0 Å². The molecule has 0 radical (unpaired) electrons. The van der Waals surface area contributed by atoms with Crippen LogP contribution in [0.25, 0.3) is 0 Å². The van der Waals surface area contributed by atoms with Crippen molar-refractivity contribution in [2.75, 3.05) is 13.1 Å². The molecule has 4 nitrogen and oxygen atoms in total. The number of primary amides is 1. The van der Waals surface area contributed by atoms with Gasteiger partial charge < -0.3 is 5.73 Å². The van der Waals surface area contributed by atoms with Crippen LogP contribution in [0.4, 0.5) is 0 Å². The zero-order chi connectivity index (χ0) is 12.0. The number of amides is 1. The Balaban J connectivity index is 2.49. The van der Waals surface area contributed by atoms with Crippen LogP contribution in [0, 0.1) is 17.2 Å². The van der Waals surface area contributed by atoms with E-state index in [4.69, 9.17) is 11.0 Å². The van der Waals surface area contributed by atoms with Gasteiger partial charge in [-0.3, -0.25) is 9.69 Å². The normalized spacial score (nSPS) is 26.2. The van der Waals surface area contributed by atoms with Crippen LogP contribution in [0.2, 0.25) is 0 Å². The Hall–Kier alpha value is -1.08. The van der Waals surface area contributed by atoms with Crippen molar-refractivity contribution >= 4 is 5.91 Å². The molecule has 0 spiro atoms. The summed E-state index contributed by atoms with van der Waals surface area (Å²) in [6.07, 6.45) is 4.95. The van der Waals surface area contributed by atoms with E-state index in [1.54, 1.807) is 0 Å². The van der Waals surface area contributed by atoms with Gasteiger partial charge in [0.05, 0.1) is 12.1 Å². The molecule has 1 aliphatic rings. The van der Waals surface area contributed by atoms with Crippen LogP contribution in [-0.2, 0) is 4.79 Å². The van der Waals surface area contributed by atoms with Crippen LogP contribution in [0.15, 0.2) is 0 Å². The number of hydrogen-bond acceptors (Lipinski definition) is 3. The van der Waals surface area contributed by atoms with Crippen LogP contribution in [0.1, 0.15) is 39.0 Å². The van der Waals surface area contributed by atoms with Crippen LogP contribution in [0.3, 0.4) is 0 Å². The molecular formula is C12H21N3O. The maximum atomic E-state index is 11.3. The molecule has 0 bridgehead atoms. The molecule has 2 atom stereocenters. The first-order chi connectivity index (χ1) is 7.69. The van der Waals surface area contributed by atoms with Crippen molar-refractivity contribution < 1.29 is 4.79 Å². The second kappa shape index (κ2) is 6.49. The topological polar surface area (TPSA) is 70.1 Å². The molecule has 2 N–H and O–H groups in total. The Morgan fingerprint density at radius 1 is 1.56 bits per heavy atom. The van der Waals surface area contributed by atoms with Crippen LogP contribution in [0.5, 0.6) is 0 Å². The van der Waals surface area contributed by atoms with Gasteiger partial charge in [-0.2, -0.15) is 5.26 Å². The second-order valence-corrected chi connectivity index (χ2v) is 4.51. The molecule has 16 heavy (non-hydrogen) atoms. The lowest BCUT2D eigenvalue weighted by molar-refractivity contribution is -0.124. The number of piperidine rings is 1. The van der Waals surface area contributed by atoms with Gasteiger partial charge in [-0.25, -0.2) is 0 Å². The summed E-state index contributed by atoms with van der Waals surface area (Å²) in [5, 5.41) is 8.87. The van der Waals surface area contributed by atoms with Gasteiger partial charge in [0.15, 0.2) is 0 Å². The minimum Gasteiger partial charge on any atom is -0.368 e. The van der Waals surface area contributed by atoms with Gasteiger partial charge in [0.25, 0.3) is 0 Å². The lowest BCUT2D eigenvalue weighted by Crippen LogP contribution is -2.49. The summed E-state index contributed by atoms with van der Waals surface area (Å²) >= 11 is 0. The highest BCUT2D eigenvalue weighted by molar-refractivity contribution is 5.80. The van der Waals surface area contributed by atoms with Gasteiger partial charge in [0.1, 0.15) is 0 Å². The number of carbonyl (C=O) groups excluding carboxylic acids is 1. The first-order valence-corrected chi connectivity index (χ1v) is 6.12. The monoisotopic (exact) mass is 223 g/mol. The number of nitriles is 1. The summed E-state index contributed by atoms with van der Waals surface area (Å²) in [5.41, 5.74) is 5.39. The van der Waals surface area contributed by atoms with Crippen molar-refractivity contribution in [1.29, 1.82) is 5.26 Å². The fourth-order valence-electron chi connectivity index (χ4n) is 2.26. The highest BCUT2D eigenvalue weighted by atomic mass is 16.1. The van der Waals surface area contributed by atoms with Gasteiger partial charge in [0, 0.05) is 12.5 Å². The van der Waals surface area contributed by atoms with E-state index >= 15 is 0 Å². The molecule has 1 amide bonds. The van der Waals surface area contributed by atoms with Crippen LogP contribution >= 0.6 is 0 Å². The SMILES string of the molecule is CCCCCN1CCC(C#N)CC1C(N)=O. The third-order valence-corrected chi connectivity index (χ3v) is 3.27. The Morgan fingerprint density at radius 2 is 2.31 bits per heavy atom. The lowest BCUT2D eigenvalue weighted by Gasteiger charge is -2.35. The van der Waals surface area contributed by atoms with E-state index in [-0.39, 0.29) is 17.9 Å². The van der Waals surface area contributed by atoms with Crippen molar-refractivity contribution in [3.63, 3.8) is 0 Å². The smallest absolute Gasteiger partial charge is 0.234 e. The summed E-state index contributed by atoms with van der Waals surface area (Å²) in [7, 11) is 0. The fourth-order valence-corrected chi connectivity index (χ4v) is 2.26. The van der Waals surface area contributed by atoms with E-state index in [1.165, 1.54) is 12.8 Å². The molecule has 0 saturated carbocycles. The lowest BCUT2D eigenvalue weighted by atomic mass is 9.91. The Labute approximate surface area is 97.4 Å². The number of rotatable bonds is 5. The van der Waals surface area contributed by atoms with E-state index in [2.05, 4.69) is 17.9 Å². The highest BCUT2D eigenvalue weighted by Crippen LogP contribution is 2.22. The first kappa shape index (κ1) is 13.0. The Bertz CT molecular complexity index is 272. The van der Waals surface area contributed by atoms with Crippen molar-refractivity contribution in [3.8, 4) is 6.07 Å². The van der Waals surface area contributed by atoms with E-state index in [0.29, 0.717) is 6.42 Å². The maximum absolute atomic E-state index is 11.3. The zero-order valence-corrected chi connectivity index (χ0v) is 9.98. The van der Waals surface area contributed by atoms with Crippen LogP contribution in [-0.4, -0.2) is 29.9 Å². The molecular weight excluding hydrogens is 202 g/mol. The van der Waals surface area contributed by atoms with Crippen molar-refractivity contribution in [2.45, 2.75) is 45.1 Å². The predicted octanol–water partition coefficient (Wildman–Crippen LogP) is 1.27. The molecule has 1 rings (SSSR count). The molecule has 4 heteroatoms. The summed E-state index contributed by atoms with van der Waals surface area (Å²) < 4.78 is 0. The van der Waals surface area contributed by atoms with Crippen molar-refractivity contribution in [2.24, 2.45) is 11.7 Å². The van der Waals surface area contributed by atoms with Gasteiger partial charge in [-0.05, 0) is 25.8 Å². The molecule has 1 saturated heterocycles.